The van der Waals surface area contributed by atoms with Crippen molar-refractivity contribution in [1.82, 2.24) is 4.90 Å². The second-order valence-electron chi connectivity index (χ2n) is 6.01. The normalized spacial score (nSPS) is 22.3. The molecule has 1 heterocycles. The summed E-state index contributed by atoms with van der Waals surface area (Å²) >= 11 is 0. The molecule has 1 aromatic rings. The van der Waals surface area contributed by atoms with Crippen LogP contribution in [0.15, 0.2) is 24.3 Å². The lowest BCUT2D eigenvalue weighted by Crippen LogP contribution is -2.54. The van der Waals surface area contributed by atoms with Crippen LogP contribution in [0.1, 0.15) is 25.8 Å². The first kappa shape index (κ1) is 14.0. The zero-order valence-corrected chi connectivity index (χ0v) is 11.5. The summed E-state index contributed by atoms with van der Waals surface area (Å²) in [6.45, 7) is 5.53. The number of carbonyl (C=O) groups is 1. The van der Waals surface area contributed by atoms with Crippen molar-refractivity contribution in [1.29, 1.82) is 0 Å². The summed E-state index contributed by atoms with van der Waals surface area (Å²) in [6.07, 6.45) is 1.07. The Morgan fingerprint density at radius 2 is 2.26 bits per heavy atom. The Labute approximate surface area is 113 Å². The van der Waals surface area contributed by atoms with Crippen LogP contribution in [0.3, 0.4) is 0 Å². The quantitative estimate of drug-likeness (QED) is 0.887. The Balaban J connectivity index is 2.01. The van der Waals surface area contributed by atoms with Crippen LogP contribution in [0.2, 0.25) is 0 Å². The molecule has 0 spiro atoms. The van der Waals surface area contributed by atoms with Crippen LogP contribution in [0.4, 0.5) is 4.39 Å². The van der Waals surface area contributed by atoms with Crippen LogP contribution < -0.4 is 5.73 Å². The van der Waals surface area contributed by atoms with Gasteiger partial charge in [-0.15, -0.1) is 0 Å². The minimum absolute atomic E-state index is 0.0468. The molecule has 1 aromatic carbocycles. The van der Waals surface area contributed by atoms with Gasteiger partial charge >= 0.3 is 0 Å². The highest BCUT2D eigenvalue weighted by molar-refractivity contribution is 5.79. The molecular formula is C15H21FN2O. The average Bonchev–Trinajstić information content (AvgIpc) is 2.32. The Kier molecular flexibility index (Phi) is 3.90. The van der Waals surface area contributed by atoms with Crippen molar-refractivity contribution in [3.05, 3.63) is 35.6 Å². The highest BCUT2D eigenvalue weighted by Gasteiger charge is 2.35. The van der Waals surface area contributed by atoms with Gasteiger partial charge in [0, 0.05) is 19.1 Å². The van der Waals surface area contributed by atoms with E-state index in [1.165, 1.54) is 12.1 Å². The molecule has 1 aliphatic heterocycles. The first-order valence-electron chi connectivity index (χ1n) is 6.66. The predicted octanol–water partition coefficient (Wildman–Crippen LogP) is 1.95. The number of likely N-dealkylation sites (tertiary alicyclic amines) is 1. The van der Waals surface area contributed by atoms with Crippen molar-refractivity contribution in [2.45, 2.75) is 32.7 Å². The maximum Gasteiger partial charge on any atom is 0.227 e. The Bertz CT molecular complexity index is 473. The van der Waals surface area contributed by atoms with Crippen LogP contribution in [-0.2, 0) is 11.2 Å². The van der Waals surface area contributed by atoms with E-state index in [2.05, 4.69) is 13.8 Å². The van der Waals surface area contributed by atoms with Gasteiger partial charge in [-0.2, -0.15) is 0 Å². The van der Waals surface area contributed by atoms with Gasteiger partial charge < -0.3 is 10.6 Å². The van der Waals surface area contributed by atoms with E-state index in [0.717, 1.165) is 12.0 Å². The number of halogens is 1. The van der Waals surface area contributed by atoms with Crippen LogP contribution >= 0.6 is 0 Å². The van der Waals surface area contributed by atoms with Crippen molar-refractivity contribution < 1.29 is 9.18 Å². The molecule has 19 heavy (non-hydrogen) atoms. The monoisotopic (exact) mass is 264 g/mol. The molecule has 1 amide bonds. The van der Waals surface area contributed by atoms with Gasteiger partial charge in [0.2, 0.25) is 5.91 Å². The minimum atomic E-state index is -0.300. The zero-order chi connectivity index (χ0) is 14.0. The Hall–Kier alpha value is -1.42. The highest BCUT2D eigenvalue weighted by atomic mass is 19.1. The summed E-state index contributed by atoms with van der Waals surface area (Å²) in [5.74, 6) is -0.253. The molecule has 1 saturated heterocycles. The summed E-state index contributed by atoms with van der Waals surface area (Å²) in [6, 6.07) is 6.34. The van der Waals surface area contributed by atoms with Gasteiger partial charge in [0.1, 0.15) is 5.82 Å². The van der Waals surface area contributed by atoms with Crippen molar-refractivity contribution in [3.8, 4) is 0 Å². The maximum absolute atomic E-state index is 13.1. The van der Waals surface area contributed by atoms with Crippen molar-refractivity contribution >= 4 is 5.91 Å². The van der Waals surface area contributed by atoms with E-state index in [-0.39, 0.29) is 29.6 Å². The second-order valence-corrected chi connectivity index (χ2v) is 6.01. The van der Waals surface area contributed by atoms with Gasteiger partial charge in [-0.1, -0.05) is 26.0 Å². The minimum Gasteiger partial charge on any atom is -0.342 e. The molecule has 0 saturated carbocycles. The molecule has 2 N–H and O–H groups in total. The fourth-order valence-electron chi connectivity index (χ4n) is 2.52. The van der Waals surface area contributed by atoms with Crippen molar-refractivity contribution in [2.24, 2.45) is 11.1 Å². The highest BCUT2D eigenvalue weighted by Crippen LogP contribution is 2.28. The van der Waals surface area contributed by atoms with Gasteiger partial charge in [-0.3, -0.25) is 4.79 Å². The molecule has 4 heteroatoms. The largest absolute Gasteiger partial charge is 0.342 e. The number of rotatable bonds is 2. The summed E-state index contributed by atoms with van der Waals surface area (Å²) < 4.78 is 13.1. The third kappa shape index (κ3) is 3.32. The number of amides is 1. The zero-order valence-electron chi connectivity index (χ0n) is 11.5. The van der Waals surface area contributed by atoms with Crippen molar-refractivity contribution in [3.63, 3.8) is 0 Å². The maximum atomic E-state index is 13.1. The standard InChI is InChI=1S/C15H21FN2O/c1-15(2)10-18(7-6-13(15)17)14(19)9-11-4-3-5-12(16)8-11/h3-5,8,13H,6-7,9-10,17H2,1-2H3. The first-order valence-corrected chi connectivity index (χ1v) is 6.66. The fraction of sp³-hybridized carbons (Fsp3) is 0.533. The first-order chi connectivity index (χ1) is 8.88. The van der Waals surface area contributed by atoms with E-state index in [4.69, 9.17) is 5.73 Å². The van der Waals surface area contributed by atoms with E-state index in [1.807, 2.05) is 4.90 Å². The van der Waals surface area contributed by atoms with Crippen molar-refractivity contribution in [2.75, 3.05) is 13.1 Å². The smallest absolute Gasteiger partial charge is 0.227 e. The molecule has 1 unspecified atom stereocenters. The third-order valence-corrected chi connectivity index (χ3v) is 3.91. The molecule has 2 rings (SSSR count). The number of hydrogen-bond acceptors (Lipinski definition) is 2. The molecular weight excluding hydrogens is 243 g/mol. The lowest BCUT2D eigenvalue weighted by molar-refractivity contribution is -0.133. The molecule has 0 aliphatic carbocycles. The SMILES string of the molecule is CC1(C)CN(C(=O)Cc2cccc(F)c2)CCC1N. The Morgan fingerprint density at radius 3 is 2.89 bits per heavy atom. The van der Waals surface area contributed by atoms with Crippen LogP contribution in [0.25, 0.3) is 0 Å². The lowest BCUT2D eigenvalue weighted by Gasteiger charge is -2.42. The van der Waals surface area contributed by atoms with Gasteiger partial charge in [-0.25, -0.2) is 4.39 Å². The second kappa shape index (κ2) is 5.29. The van der Waals surface area contributed by atoms with Gasteiger partial charge in [-0.05, 0) is 29.5 Å². The van der Waals surface area contributed by atoms with E-state index in [0.29, 0.717) is 13.1 Å². The summed E-state index contributed by atoms with van der Waals surface area (Å²) in [7, 11) is 0. The molecule has 1 aliphatic rings. The van der Waals surface area contributed by atoms with E-state index < -0.39 is 0 Å². The number of carbonyl (C=O) groups excluding carboxylic acids is 1. The molecule has 0 bridgehead atoms. The van der Waals surface area contributed by atoms with Crippen LogP contribution in [0.5, 0.6) is 0 Å². The third-order valence-electron chi connectivity index (χ3n) is 3.91. The molecule has 104 valence electrons. The Morgan fingerprint density at radius 1 is 1.53 bits per heavy atom. The predicted molar refractivity (Wildman–Crippen MR) is 73.1 cm³/mol. The number of benzene rings is 1. The molecule has 3 nitrogen and oxygen atoms in total. The van der Waals surface area contributed by atoms with E-state index in [9.17, 15) is 9.18 Å². The molecule has 1 fully saturated rings. The van der Waals surface area contributed by atoms with Crippen LogP contribution in [0, 0.1) is 11.2 Å². The summed E-state index contributed by atoms with van der Waals surface area (Å²) in [5, 5.41) is 0. The number of nitrogens with two attached hydrogens (primary N) is 1. The van der Waals surface area contributed by atoms with Gasteiger partial charge in [0.15, 0.2) is 0 Å². The number of piperidine rings is 1. The molecule has 1 atom stereocenters. The number of nitrogens with zero attached hydrogens (tertiary/aromatic N) is 1. The van der Waals surface area contributed by atoms with Gasteiger partial charge in [0.05, 0.1) is 6.42 Å². The molecule has 0 radical (unpaired) electrons. The number of hydrogen-bond donors (Lipinski definition) is 1. The average molecular weight is 264 g/mol. The summed E-state index contributed by atoms with van der Waals surface area (Å²) in [4.78, 5) is 14.1. The fourth-order valence-corrected chi connectivity index (χ4v) is 2.52. The topological polar surface area (TPSA) is 46.3 Å². The lowest BCUT2D eigenvalue weighted by atomic mass is 9.79. The van der Waals surface area contributed by atoms with Crippen LogP contribution in [-0.4, -0.2) is 29.9 Å². The summed E-state index contributed by atoms with van der Waals surface area (Å²) in [5.41, 5.74) is 6.72. The van der Waals surface area contributed by atoms with E-state index in [1.54, 1.807) is 12.1 Å². The van der Waals surface area contributed by atoms with E-state index >= 15 is 0 Å². The molecule has 0 aromatic heterocycles. The van der Waals surface area contributed by atoms with Gasteiger partial charge in [0.25, 0.3) is 0 Å².